The first-order valence-corrected chi connectivity index (χ1v) is 7.42. The molecule has 0 aliphatic carbocycles. The Bertz CT molecular complexity index is 755. The molecule has 1 aliphatic heterocycles. The Morgan fingerprint density at radius 2 is 2.09 bits per heavy atom. The minimum Gasteiger partial charge on any atom is -0.481 e. The molecule has 2 atom stereocenters. The fraction of sp³-hybridized carbons (Fsp3) is 0.375. The highest BCUT2D eigenvalue weighted by Crippen LogP contribution is 2.29. The monoisotopic (exact) mass is 315 g/mol. The molecule has 7 nitrogen and oxygen atoms in total. The topological polar surface area (TPSA) is 96.5 Å². The molecule has 0 bridgehead atoms. The van der Waals surface area contributed by atoms with Crippen molar-refractivity contribution in [2.75, 3.05) is 6.54 Å². The second-order valence-corrected chi connectivity index (χ2v) is 5.66. The zero-order chi connectivity index (χ0) is 16.6. The summed E-state index contributed by atoms with van der Waals surface area (Å²) in [5.74, 6) is -0.839. The van der Waals surface area contributed by atoms with Crippen LogP contribution in [0.25, 0.3) is 11.5 Å². The highest BCUT2D eigenvalue weighted by Gasteiger charge is 2.39. The maximum Gasteiger partial charge on any atom is 0.308 e. The van der Waals surface area contributed by atoms with Gasteiger partial charge in [-0.2, -0.15) is 4.98 Å². The highest BCUT2D eigenvalue weighted by atomic mass is 16.5. The van der Waals surface area contributed by atoms with Gasteiger partial charge in [-0.05, 0) is 32.4 Å². The van der Waals surface area contributed by atoms with Gasteiger partial charge in [0.2, 0.25) is 0 Å². The summed E-state index contributed by atoms with van der Waals surface area (Å²) in [6, 6.07) is 6.64. The number of likely N-dealkylation sites (tertiary alicyclic amines) is 1. The summed E-state index contributed by atoms with van der Waals surface area (Å²) in [5.41, 5.74) is 0.998. The number of hydrogen-bond acceptors (Lipinski definition) is 5. The number of hydrogen-bond donors (Lipinski definition) is 1. The second-order valence-electron chi connectivity index (χ2n) is 5.66. The molecule has 120 valence electrons. The molecular formula is C16H17N3O4. The van der Waals surface area contributed by atoms with Gasteiger partial charge in [0.25, 0.3) is 11.8 Å². The van der Waals surface area contributed by atoms with Crippen LogP contribution in [-0.4, -0.2) is 44.6 Å². The molecule has 7 heteroatoms. The molecule has 2 aromatic rings. The number of carboxylic acid groups (broad SMARTS) is 1. The zero-order valence-corrected chi connectivity index (χ0v) is 12.9. The molecule has 1 fully saturated rings. The normalized spacial score (nSPS) is 20.7. The van der Waals surface area contributed by atoms with E-state index in [4.69, 9.17) is 4.52 Å². The molecule has 0 spiro atoms. The predicted octanol–water partition coefficient (Wildman–Crippen LogP) is 1.98. The van der Waals surface area contributed by atoms with Gasteiger partial charge < -0.3 is 14.5 Å². The number of rotatable bonds is 3. The van der Waals surface area contributed by atoms with Crippen LogP contribution >= 0.6 is 0 Å². The fourth-order valence-corrected chi connectivity index (χ4v) is 2.97. The third-order valence-corrected chi connectivity index (χ3v) is 4.25. The Morgan fingerprint density at radius 1 is 1.35 bits per heavy atom. The minimum absolute atomic E-state index is 0.215. The smallest absolute Gasteiger partial charge is 0.308 e. The number of carbonyl (C=O) groups is 2. The molecular weight excluding hydrogens is 298 g/mol. The van der Waals surface area contributed by atoms with E-state index in [1.807, 2.05) is 0 Å². The van der Waals surface area contributed by atoms with Crippen molar-refractivity contribution in [1.29, 1.82) is 0 Å². The van der Waals surface area contributed by atoms with E-state index in [2.05, 4.69) is 10.1 Å². The van der Waals surface area contributed by atoms with E-state index in [9.17, 15) is 14.7 Å². The number of benzene rings is 1. The number of nitrogens with zero attached hydrogens (tertiary/aromatic N) is 3. The third kappa shape index (κ3) is 2.69. The van der Waals surface area contributed by atoms with Crippen molar-refractivity contribution in [3.63, 3.8) is 0 Å². The number of amides is 1. The van der Waals surface area contributed by atoms with Crippen molar-refractivity contribution in [2.45, 2.75) is 26.3 Å². The molecule has 0 saturated carbocycles. The molecule has 1 N–H and O–H groups in total. The van der Waals surface area contributed by atoms with Crippen molar-refractivity contribution in [3.05, 3.63) is 35.7 Å². The van der Waals surface area contributed by atoms with E-state index in [0.717, 1.165) is 0 Å². The lowest BCUT2D eigenvalue weighted by atomic mass is 10.0. The van der Waals surface area contributed by atoms with Gasteiger partial charge in [-0.25, -0.2) is 0 Å². The van der Waals surface area contributed by atoms with Crippen LogP contribution < -0.4 is 0 Å². The van der Waals surface area contributed by atoms with Gasteiger partial charge in [0.05, 0.1) is 17.0 Å². The quantitative estimate of drug-likeness (QED) is 0.930. The van der Waals surface area contributed by atoms with Crippen LogP contribution in [0.3, 0.4) is 0 Å². The van der Waals surface area contributed by atoms with E-state index in [-0.39, 0.29) is 17.8 Å². The third-order valence-electron chi connectivity index (χ3n) is 4.25. The van der Waals surface area contributed by atoms with E-state index >= 15 is 0 Å². The summed E-state index contributed by atoms with van der Waals surface area (Å²) >= 11 is 0. The molecule has 2 unspecified atom stereocenters. The number of carbonyl (C=O) groups excluding carboxylic acids is 1. The maximum atomic E-state index is 12.9. The number of aryl methyl sites for hydroxylation is 1. The van der Waals surface area contributed by atoms with Crippen molar-refractivity contribution in [1.82, 2.24) is 15.0 Å². The van der Waals surface area contributed by atoms with Crippen LogP contribution in [0.5, 0.6) is 0 Å². The van der Waals surface area contributed by atoms with Gasteiger partial charge in [0, 0.05) is 12.6 Å². The van der Waals surface area contributed by atoms with Gasteiger partial charge in [0.15, 0.2) is 5.82 Å². The highest BCUT2D eigenvalue weighted by molar-refractivity contribution is 6.00. The van der Waals surface area contributed by atoms with Crippen molar-refractivity contribution < 1.29 is 19.2 Å². The number of carboxylic acids is 1. The van der Waals surface area contributed by atoms with Crippen LogP contribution in [0.2, 0.25) is 0 Å². The minimum atomic E-state index is -0.867. The molecule has 1 aliphatic rings. The Kier molecular flexibility index (Phi) is 3.85. The van der Waals surface area contributed by atoms with Crippen LogP contribution in [0, 0.1) is 12.8 Å². The first-order chi connectivity index (χ1) is 11.0. The molecule has 0 radical (unpaired) electrons. The summed E-state index contributed by atoms with van der Waals surface area (Å²) < 4.78 is 5.16. The lowest BCUT2D eigenvalue weighted by Crippen LogP contribution is -2.37. The van der Waals surface area contributed by atoms with Gasteiger partial charge in [-0.1, -0.05) is 17.3 Å². The van der Waals surface area contributed by atoms with E-state index in [1.165, 1.54) is 0 Å². The number of aromatic nitrogens is 2. The van der Waals surface area contributed by atoms with E-state index in [1.54, 1.807) is 43.0 Å². The molecule has 1 aromatic carbocycles. The van der Waals surface area contributed by atoms with Gasteiger partial charge >= 0.3 is 5.97 Å². The van der Waals surface area contributed by atoms with E-state index in [0.29, 0.717) is 29.9 Å². The van der Waals surface area contributed by atoms with Gasteiger partial charge in [0.1, 0.15) is 0 Å². The van der Waals surface area contributed by atoms with Crippen molar-refractivity contribution >= 4 is 11.9 Å². The molecule has 23 heavy (non-hydrogen) atoms. The lowest BCUT2D eigenvalue weighted by Gasteiger charge is -2.24. The maximum absolute atomic E-state index is 12.9. The summed E-state index contributed by atoms with van der Waals surface area (Å²) in [6.45, 7) is 3.90. The Hall–Kier alpha value is -2.70. The SMILES string of the molecule is Cc1noc(-c2ccccc2C(=O)N2CCC(C(=O)O)C2C)n1. The summed E-state index contributed by atoms with van der Waals surface area (Å²) in [4.78, 5) is 29.9. The van der Waals surface area contributed by atoms with Crippen LogP contribution in [0.15, 0.2) is 28.8 Å². The van der Waals surface area contributed by atoms with Gasteiger partial charge in [-0.3, -0.25) is 9.59 Å². The largest absolute Gasteiger partial charge is 0.481 e. The molecule has 1 saturated heterocycles. The summed E-state index contributed by atoms with van der Waals surface area (Å²) in [6.07, 6.45) is 0.462. The Morgan fingerprint density at radius 3 is 2.70 bits per heavy atom. The molecule has 1 aromatic heterocycles. The van der Waals surface area contributed by atoms with Gasteiger partial charge in [-0.15, -0.1) is 0 Å². The first kappa shape index (κ1) is 15.2. The van der Waals surface area contributed by atoms with Crippen molar-refractivity contribution in [2.24, 2.45) is 5.92 Å². The van der Waals surface area contributed by atoms with Crippen LogP contribution in [0.4, 0.5) is 0 Å². The second kappa shape index (κ2) is 5.83. The Balaban J connectivity index is 1.94. The van der Waals surface area contributed by atoms with Crippen LogP contribution in [0.1, 0.15) is 29.5 Å². The Labute approximate surface area is 132 Å². The number of aliphatic carboxylic acids is 1. The average molecular weight is 315 g/mol. The average Bonchev–Trinajstić information content (AvgIpc) is 3.12. The van der Waals surface area contributed by atoms with E-state index < -0.39 is 11.9 Å². The zero-order valence-electron chi connectivity index (χ0n) is 12.9. The summed E-state index contributed by atoms with van der Waals surface area (Å²) in [7, 11) is 0. The predicted molar refractivity (Wildman–Crippen MR) is 80.7 cm³/mol. The van der Waals surface area contributed by atoms with Crippen LogP contribution in [-0.2, 0) is 4.79 Å². The molecule has 3 rings (SSSR count). The fourth-order valence-electron chi connectivity index (χ4n) is 2.97. The van der Waals surface area contributed by atoms with Crippen molar-refractivity contribution in [3.8, 4) is 11.5 Å². The molecule has 2 heterocycles. The molecule has 1 amide bonds. The lowest BCUT2D eigenvalue weighted by molar-refractivity contribution is -0.142. The first-order valence-electron chi connectivity index (χ1n) is 7.42. The standard InChI is InChI=1S/C16H17N3O4/c1-9-11(16(21)22)7-8-19(9)15(20)13-6-4-3-5-12(13)14-17-10(2)18-23-14/h3-6,9,11H,7-8H2,1-2H3,(H,21,22). The summed E-state index contributed by atoms with van der Waals surface area (Å²) in [5, 5.41) is 13.0.